The number of nitrogens with two attached hydrogens (primary N) is 1. The number of aromatic nitrogens is 4. The third kappa shape index (κ3) is 3.09. The summed E-state index contributed by atoms with van der Waals surface area (Å²) in [6.45, 7) is 0.640. The predicted molar refractivity (Wildman–Crippen MR) is 66.0 cm³/mol. The summed E-state index contributed by atoms with van der Waals surface area (Å²) in [6, 6.07) is 9.99. The van der Waals surface area contributed by atoms with Gasteiger partial charge in [0.1, 0.15) is 11.8 Å². The van der Waals surface area contributed by atoms with E-state index < -0.39 is 0 Å². The Labute approximate surface area is 98.7 Å². The van der Waals surface area contributed by atoms with Gasteiger partial charge >= 0.3 is 0 Å². The maximum Gasteiger partial charge on any atom is 0.180 e. The Bertz CT molecular complexity index is 531. The molecule has 17 heavy (non-hydrogen) atoms. The van der Waals surface area contributed by atoms with Crippen LogP contribution in [0.4, 0.5) is 0 Å². The van der Waals surface area contributed by atoms with Crippen LogP contribution in [0.15, 0.2) is 49.2 Å². The van der Waals surface area contributed by atoms with Crippen LogP contribution in [0.5, 0.6) is 0 Å². The van der Waals surface area contributed by atoms with Gasteiger partial charge < -0.3 is 10.7 Å². The van der Waals surface area contributed by atoms with Crippen LogP contribution in [0.2, 0.25) is 0 Å². The van der Waals surface area contributed by atoms with Gasteiger partial charge in [-0.25, -0.2) is 15.0 Å². The molecule has 0 aliphatic rings. The molecule has 86 valence electrons. The number of hydrogen-bond donors (Lipinski definition) is 2. The summed E-state index contributed by atoms with van der Waals surface area (Å²) >= 11 is 0. The minimum absolute atomic E-state index is 0.640. The molecule has 0 radical (unpaired) electrons. The monoisotopic (exact) mass is 227 g/mol. The fraction of sp³-hybridized carbons (Fsp3) is 0.0833. The molecular weight excluding hydrogens is 214 g/mol. The molecule has 3 N–H and O–H groups in total. The van der Waals surface area contributed by atoms with Crippen molar-refractivity contribution >= 4 is 11.2 Å². The Balaban J connectivity index is 0.000000128. The Morgan fingerprint density at radius 2 is 1.94 bits per heavy atom. The smallest absolute Gasteiger partial charge is 0.180 e. The zero-order valence-electron chi connectivity index (χ0n) is 9.24. The molecule has 5 nitrogen and oxygen atoms in total. The summed E-state index contributed by atoms with van der Waals surface area (Å²) in [5, 5.41) is 0. The summed E-state index contributed by atoms with van der Waals surface area (Å²) in [6.07, 6.45) is 4.76. The molecule has 3 aromatic rings. The average Bonchev–Trinajstić information content (AvgIpc) is 2.89. The van der Waals surface area contributed by atoms with E-state index in [1.807, 2.05) is 30.3 Å². The number of aromatic amines is 1. The Morgan fingerprint density at radius 1 is 1.12 bits per heavy atom. The number of imidazole rings is 1. The van der Waals surface area contributed by atoms with Gasteiger partial charge in [0.05, 0.1) is 12.5 Å². The fourth-order valence-corrected chi connectivity index (χ4v) is 1.30. The largest absolute Gasteiger partial charge is 0.342 e. The summed E-state index contributed by atoms with van der Waals surface area (Å²) < 4.78 is 0. The molecular formula is C12H13N5. The molecule has 0 atom stereocenters. The van der Waals surface area contributed by atoms with Crippen molar-refractivity contribution in [3.8, 4) is 0 Å². The quantitative estimate of drug-likeness (QED) is 0.660. The number of nitrogens with one attached hydrogen (secondary N) is 1. The lowest BCUT2D eigenvalue weighted by Crippen LogP contribution is -1.94. The first-order chi connectivity index (χ1) is 8.40. The Kier molecular flexibility index (Phi) is 3.77. The molecule has 2 heterocycles. The van der Waals surface area contributed by atoms with E-state index >= 15 is 0 Å². The second kappa shape index (κ2) is 5.72. The van der Waals surface area contributed by atoms with Crippen molar-refractivity contribution in [2.75, 3.05) is 0 Å². The van der Waals surface area contributed by atoms with Gasteiger partial charge in [-0.1, -0.05) is 30.3 Å². The highest BCUT2D eigenvalue weighted by atomic mass is 15.0. The summed E-state index contributed by atoms with van der Waals surface area (Å²) in [4.78, 5) is 14.5. The fourth-order valence-electron chi connectivity index (χ4n) is 1.30. The molecule has 0 fully saturated rings. The van der Waals surface area contributed by atoms with Gasteiger partial charge in [-0.3, -0.25) is 0 Å². The second-order valence-electron chi connectivity index (χ2n) is 3.35. The molecule has 0 saturated carbocycles. The molecule has 0 bridgehead atoms. The van der Waals surface area contributed by atoms with E-state index in [0.29, 0.717) is 12.2 Å². The van der Waals surface area contributed by atoms with Crippen molar-refractivity contribution in [3.63, 3.8) is 0 Å². The van der Waals surface area contributed by atoms with Crippen molar-refractivity contribution in [3.05, 3.63) is 54.7 Å². The molecule has 0 aliphatic heterocycles. The van der Waals surface area contributed by atoms with Gasteiger partial charge in [0, 0.05) is 6.54 Å². The number of fused-ring (bicyclic) bond motifs is 1. The zero-order chi connectivity index (χ0) is 11.9. The van der Waals surface area contributed by atoms with E-state index in [-0.39, 0.29) is 0 Å². The van der Waals surface area contributed by atoms with Crippen LogP contribution in [0.1, 0.15) is 5.56 Å². The summed E-state index contributed by atoms with van der Waals surface area (Å²) in [5.74, 6) is 0. The van der Waals surface area contributed by atoms with E-state index in [0.717, 1.165) is 5.52 Å². The van der Waals surface area contributed by atoms with Crippen molar-refractivity contribution < 1.29 is 0 Å². The summed E-state index contributed by atoms with van der Waals surface area (Å²) in [5.41, 5.74) is 8.12. The lowest BCUT2D eigenvalue weighted by Gasteiger charge is -1.90. The molecule has 5 heteroatoms. The number of hydrogen-bond acceptors (Lipinski definition) is 4. The second-order valence-corrected chi connectivity index (χ2v) is 3.35. The number of benzene rings is 1. The van der Waals surface area contributed by atoms with Gasteiger partial charge in [-0.2, -0.15) is 0 Å². The molecule has 3 rings (SSSR count). The van der Waals surface area contributed by atoms with E-state index in [1.165, 1.54) is 11.9 Å². The molecule has 0 amide bonds. The standard InChI is InChI=1S/C7H9N.C5H4N4/c8-6-7-4-2-1-3-5-7;1-4-5(8-2-6-1)9-3-7-4/h1-5H,6,8H2;1-3H,(H,6,7,8,9). The van der Waals surface area contributed by atoms with E-state index in [1.54, 1.807) is 12.5 Å². The minimum atomic E-state index is 0.640. The maximum atomic E-state index is 5.35. The normalized spacial score (nSPS) is 9.71. The zero-order valence-corrected chi connectivity index (χ0v) is 9.24. The molecule has 0 saturated heterocycles. The number of rotatable bonds is 1. The molecule has 0 aliphatic carbocycles. The molecule has 0 unspecified atom stereocenters. The highest BCUT2D eigenvalue weighted by Gasteiger charge is 1.91. The van der Waals surface area contributed by atoms with Gasteiger partial charge in [0.25, 0.3) is 0 Å². The third-order valence-corrected chi connectivity index (χ3v) is 2.18. The third-order valence-electron chi connectivity index (χ3n) is 2.18. The van der Waals surface area contributed by atoms with Crippen molar-refractivity contribution in [1.29, 1.82) is 0 Å². The van der Waals surface area contributed by atoms with Crippen LogP contribution < -0.4 is 5.73 Å². The van der Waals surface area contributed by atoms with Gasteiger partial charge in [-0.15, -0.1) is 0 Å². The van der Waals surface area contributed by atoms with Gasteiger partial charge in [0.2, 0.25) is 0 Å². The van der Waals surface area contributed by atoms with Crippen molar-refractivity contribution in [1.82, 2.24) is 19.9 Å². The lowest BCUT2D eigenvalue weighted by atomic mass is 10.2. The van der Waals surface area contributed by atoms with E-state index in [4.69, 9.17) is 5.73 Å². The number of nitrogens with zero attached hydrogens (tertiary/aromatic N) is 3. The topological polar surface area (TPSA) is 80.5 Å². The Morgan fingerprint density at radius 3 is 2.59 bits per heavy atom. The molecule has 1 aromatic carbocycles. The summed E-state index contributed by atoms with van der Waals surface area (Å²) in [7, 11) is 0. The van der Waals surface area contributed by atoms with Crippen LogP contribution in [-0.4, -0.2) is 19.9 Å². The average molecular weight is 227 g/mol. The van der Waals surface area contributed by atoms with Gasteiger partial charge in [-0.05, 0) is 5.56 Å². The SMILES string of the molecule is NCc1ccccc1.c1ncc2[nH]cnc2n1. The molecule has 0 spiro atoms. The maximum absolute atomic E-state index is 5.35. The van der Waals surface area contributed by atoms with E-state index in [2.05, 4.69) is 19.9 Å². The van der Waals surface area contributed by atoms with Crippen molar-refractivity contribution in [2.24, 2.45) is 5.73 Å². The minimum Gasteiger partial charge on any atom is -0.342 e. The van der Waals surface area contributed by atoms with Crippen LogP contribution >= 0.6 is 0 Å². The van der Waals surface area contributed by atoms with Crippen LogP contribution in [0.25, 0.3) is 11.2 Å². The highest BCUT2D eigenvalue weighted by Crippen LogP contribution is 1.99. The first-order valence-corrected chi connectivity index (χ1v) is 5.23. The van der Waals surface area contributed by atoms with E-state index in [9.17, 15) is 0 Å². The predicted octanol–water partition coefficient (Wildman–Crippen LogP) is 1.50. The molecule has 2 aromatic heterocycles. The first kappa shape index (κ1) is 11.2. The number of H-pyrrole nitrogens is 1. The van der Waals surface area contributed by atoms with Gasteiger partial charge in [0.15, 0.2) is 5.65 Å². The van der Waals surface area contributed by atoms with Crippen LogP contribution in [0.3, 0.4) is 0 Å². The lowest BCUT2D eigenvalue weighted by molar-refractivity contribution is 1.07. The first-order valence-electron chi connectivity index (χ1n) is 5.23. The van der Waals surface area contributed by atoms with Crippen LogP contribution in [0, 0.1) is 0 Å². The highest BCUT2D eigenvalue weighted by molar-refractivity contribution is 5.67. The van der Waals surface area contributed by atoms with Crippen molar-refractivity contribution in [2.45, 2.75) is 6.54 Å². The van der Waals surface area contributed by atoms with Crippen LogP contribution in [-0.2, 0) is 6.54 Å². The Hall–Kier alpha value is -2.27.